The van der Waals surface area contributed by atoms with Crippen LogP contribution in [0.4, 0.5) is 10.1 Å². The highest BCUT2D eigenvalue weighted by atomic mass is 32.2. The molecule has 2 aliphatic rings. The molecule has 29 heavy (non-hydrogen) atoms. The zero-order valence-electron chi connectivity index (χ0n) is 15.8. The van der Waals surface area contributed by atoms with Crippen LogP contribution in [0.25, 0.3) is 0 Å². The van der Waals surface area contributed by atoms with Gasteiger partial charge in [0.25, 0.3) is 5.91 Å². The van der Waals surface area contributed by atoms with Crippen molar-refractivity contribution in [1.82, 2.24) is 9.97 Å². The number of hydrogen-bond donors (Lipinski definition) is 3. The summed E-state index contributed by atoms with van der Waals surface area (Å²) < 4.78 is 20.6. The highest BCUT2D eigenvalue weighted by molar-refractivity contribution is 8.13. The fourth-order valence-electron chi connectivity index (χ4n) is 3.61. The van der Waals surface area contributed by atoms with Crippen LogP contribution in [0.2, 0.25) is 0 Å². The van der Waals surface area contributed by atoms with Gasteiger partial charge in [-0.1, -0.05) is 11.8 Å². The van der Waals surface area contributed by atoms with Crippen molar-refractivity contribution < 1.29 is 13.9 Å². The minimum atomic E-state index is -1.16. The molecule has 0 aliphatic carbocycles. The molecule has 0 radical (unpaired) electrons. The number of nitrogens with one attached hydrogen (secondary N) is 1. The number of carbonyl (C=O) groups excluding carboxylic acids is 1. The molecular formula is C19H21FN6O2S. The first kappa shape index (κ1) is 19.7. The zero-order valence-corrected chi connectivity index (χ0v) is 16.6. The van der Waals surface area contributed by atoms with Gasteiger partial charge in [0.15, 0.2) is 5.17 Å². The molecule has 0 saturated carbocycles. The van der Waals surface area contributed by atoms with Crippen molar-refractivity contribution in [3.05, 3.63) is 53.4 Å². The molecule has 1 amide bonds. The lowest BCUT2D eigenvalue weighted by molar-refractivity contribution is -0.0112. The van der Waals surface area contributed by atoms with Gasteiger partial charge in [-0.3, -0.25) is 9.78 Å². The lowest BCUT2D eigenvalue weighted by Gasteiger charge is -2.51. The number of anilines is 1. The molecule has 0 unspecified atom stereocenters. The molecule has 4 rings (SSSR count). The Balaban J connectivity index is 1.72. The summed E-state index contributed by atoms with van der Waals surface area (Å²) in [5, 5.41) is 3.06. The van der Waals surface area contributed by atoms with E-state index < -0.39 is 22.8 Å². The Bertz CT molecular complexity index is 985. The smallest absolute Gasteiger partial charge is 0.275 e. The van der Waals surface area contributed by atoms with E-state index in [1.165, 1.54) is 42.4 Å². The van der Waals surface area contributed by atoms with Crippen molar-refractivity contribution in [2.45, 2.75) is 24.4 Å². The lowest BCUT2D eigenvalue weighted by Crippen LogP contribution is -2.66. The summed E-state index contributed by atoms with van der Waals surface area (Å²) in [6.07, 6.45) is 3.41. The van der Waals surface area contributed by atoms with Crippen LogP contribution >= 0.6 is 11.8 Å². The molecule has 2 atom stereocenters. The van der Waals surface area contributed by atoms with Crippen molar-refractivity contribution in [3.63, 3.8) is 0 Å². The summed E-state index contributed by atoms with van der Waals surface area (Å²) in [6, 6.07) is 4.29. The van der Waals surface area contributed by atoms with Crippen LogP contribution in [0, 0.1) is 12.7 Å². The first-order valence-corrected chi connectivity index (χ1v) is 10.1. The third-order valence-electron chi connectivity index (χ3n) is 5.29. The van der Waals surface area contributed by atoms with E-state index in [0.29, 0.717) is 35.3 Å². The van der Waals surface area contributed by atoms with E-state index in [2.05, 4.69) is 20.3 Å². The number of carbonyl (C=O) groups is 1. The van der Waals surface area contributed by atoms with Crippen LogP contribution in [-0.2, 0) is 10.3 Å². The number of benzene rings is 1. The number of thioether (sulfide) groups is 1. The largest absolute Gasteiger partial charge is 0.379 e. The third-order valence-corrected chi connectivity index (χ3v) is 6.34. The van der Waals surface area contributed by atoms with E-state index in [9.17, 15) is 9.18 Å². The van der Waals surface area contributed by atoms with Crippen molar-refractivity contribution in [2.24, 2.45) is 16.5 Å². The summed E-state index contributed by atoms with van der Waals surface area (Å²) in [4.78, 5) is 25.2. The van der Waals surface area contributed by atoms with Gasteiger partial charge < -0.3 is 21.5 Å². The van der Waals surface area contributed by atoms with Crippen LogP contribution < -0.4 is 16.8 Å². The van der Waals surface area contributed by atoms with E-state index >= 15 is 0 Å². The normalized spacial score (nSPS) is 26.4. The van der Waals surface area contributed by atoms with Gasteiger partial charge in [-0.2, -0.15) is 0 Å². The van der Waals surface area contributed by atoms with Gasteiger partial charge >= 0.3 is 0 Å². The molecule has 2 aliphatic heterocycles. The van der Waals surface area contributed by atoms with Crippen molar-refractivity contribution in [1.29, 1.82) is 0 Å². The SMILES string of the molecule is Cc1cnc(C(=O)Nc2ccc(F)c([C@]34COCC[C@@]3(N)CSC(N)=N4)c2)cn1. The van der Waals surface area contributed by atoms with Crippen LogP contribution in [0.5, 0.6) is 0 Å². The molecule has 1 fully saturated rings. The predicted molar refractivity (Wildman–Crippen MR) is 109 cm³/mol. The van der Waals surface area contributed by atoms with Gasteiger partial charge in [-0.25, -0.2) is 14.4 Å². The van der Waals surface area contributed by atoms with E-state index in [0.717, 1.165) is 0 Å². The number of nitrogens with two attached hydrogens (primary N) is 2. The Morgan fingerprint density at radius 2 is 2.17 bits per heavy atom. The Morgan fingerprint density at radius 3 is 2.93 bits per heavy atom. The number of ether oxygens (including phenoxy) is 1. The van der Waals surface area contributed by atoms with Crippen LogP contribution in [0.15, 0.2) is 35.6 Å². The number of nitrogens with zero attached hydrogens (tertiary/aromatic N) is 3. The molecule has 0 bridgehead atoms. The fourth-order valence-corrected chi connectivity index (χ4v) is 4.62. The number of aliphatic imine (C=N–C) groups is 1. The predicted octanol–water partition coefficient (Wildman–Crippen LogP) is 1.55. The summed E-state index contributed by atoms with van der Waals surface area (Å²) in [7, 11) is 0. The molecule has 1 aromatic carbocycles. The Morgan fingerprint density at radius 1 is 1.34 bits per heavy atom. The molecule has 2 aromatic rings. The Labute approximate surface area is 171 Å². The number of halogens is 1. The van der Waals surface area contributed by atoms with Gasteiger partial charge in [0.2, 0.25) is 0 Å². The number of aryl methyl sites for hydroxylation is 1. The highest BCUT2D eigenvalue weighted by Gasteiger charge is 2.56. The summed E-state index contributed by atoms with van der Waals surface area (Å²) >= 11 is 1.35. The molecule has 1 aromatic heterocycles. The topological polar surface area (TPSA) is 129 Å². The number of hydrogen-bond acceptors (Lipinski definition) is 8. The van der Waals surface area contributed by atoms with Crippen molar-refractivity contribution >= 4 is 28.5 Å². The average Bonchev–Trinajstić information content (AvgIpc) is 2.70. The first-order chi connectivity index (χ1) is 13.8. The van der Waals surface area contributed by atoms with Crippen LogP contribution in [0.3, 0.4) is 0 Å². The standard InChI is InChI=1S/C19H21FN6O2S/c1-11-7-24-15(8-23-11)16(27)25-12-2-3-14(20)13(6-12)19-9-28-5-4-18(19,22)10-29-17(21)26-19/h2-3,6-8H,4-5,9-10,22H2,1H3,(H2,21,26)(H,25,27)/t18-,19-/m1/s1. The number of amides is 1. The summed E-state index contributed by atoms with van der Waals surface area (Å²) in [5.74, 6) is -0.434. The van der Waals surface area contributed by atoms with E-state index in [1.54, 1.807) is 6.92 Å². The second-order valence-corrected chi connectivity index (χ2v) is 8.25. The van der Waals surface area contributed by atoms with E-state index in [-0.39, 0.29) is 17.9 Å². The van der Waals surface area contributed by atoms with Gasteiger partial charge in [-0.05, 0) is 31.5 Å². The molecular weight excluding hydrogens is 395 g/mol. The Kier molecular flexibility index (Phi) is 5.01. The quantitative estimate of drug-likeness (QED) is 0.692. The van der Waals surface area contributed by atoms with Gasteiger partial charge in [0.1, 0.15) is 17.1 Å². The van der Waals surface area contributed by atoms with Gasteiger partial charge in [-0.15, -0.1) is 0 Å². The Hall–Kier alpha value is -2.56. The van der Waals surface area contributed by atoms with Crippen molar-refractivity contribution in [2.75, 3.05) is 24.3 Å². The monoisotopic (exact) mass is 416 g/mol. The third kappa shape index (κ3) is 3.47. The summed E-state index contributed by atoms with van der Waals surface area (Å²) in [5.41, 5.74) is 12.2. The fraction of sp³-hybridized carbons (Fsp3) is 0.368. The van der Waals surface area contributed by atoms with E-state index in [1.807, 2.05) is 0 Å². The molecule has 1 saturated heterocycles. The number of rotatable bonds is 3. The van der Waals surface area contributed by atoms with Crippen LogP contribution in [0.1, 0.15) is 28.2 Å². The molecule has 3 heterocycles. The van der Waals surface area contributed by atoms with Crippen molar-refractivity contribution in [3.8, 4) is 0 Å². The lowest BCUT2D eigenvalue weighted by atomic mass is 9.71. The maximum absolute atomic E-state index is 15.0. The number of amidine groups is 1. The average molecular weight is 416 g/mol. The molecule has 10 heteroatoms. The number of aromatic nitrogens is 2. The van der Waals surface area contributed by atoms with Gasteiger partial charge in [0.05, 0.1) is 24.0 Å². The summed E-state index contributed by atoms with van der Waals surface area (Å²) in [6.45, 7) is 2.36. The zero-order chi connectivity index (χ0) is 20.6. The maximum atomic E-state index is 15.0. The molecule has 8 nitrogen and oxygen atoms in total. The minimum Gasteiger partial charge on any atom is -0.379 e. The first-order valence-electron chi connectivity index (χ1n) is 9.08. The molecule has 5 N–H and O–H groups in total. The van der Waals surface area contributed by atoms with Crippen LogP contribution in [-0.4, -0.2) is 45.5 Å². The second-order valence-electron chi connectivity index (χ2n) is 7.25. The molecule has 0 spiro atoms. The van der Waals surface area contributed by atoms with E-state index in [4.69, 9.17) is 16.2 Å². The second kappa shape index (κ2) is 7.36. The number of fused-ring (bicyclic) bond motifs is 1. The molecule has 152 valence electrons. The highest BCUT2D eigenvalue weighted by Crippen LogP contribution is 2.47. The van der Waals surface area contributed by atoms with Gasteiger partial charge in [0, 0.05) is 29.8 Å². The maximum Gasteiger partial charge on any atom is 0.275 e. The minimum absolute atomic E-state index is 0.114.